The summed E-state index contributed by atoms with van der Waals surface area (Å²) in [6.45, 7) is 8.98. The number of hydrogen-bond donors (Lipinski definition) is 1. The highest BCUT2D eigenvalue weighted by atomic mass is 16.6. The summed E-state index contributed by atoms with van der Waals surface area (Å²) < 4.78 is 23.7. The molecule has 1 N–H and O–H groups in total. The molecular formula is C22H34O7. The molecule has 2 heterocycles. The Hall–Kier alpha value is -1.18. The largest absolute Gasteiger partial charge is 0.464 e. The van der Waals surface area contributed by atoms with E-state index < -0.39 is 11.9 Å². The zero-order valence-electron chi connectivity index (χ0n) is 17.9. The lowest BCUT2D eigenvalue weighted by molar-refractivity contribution is -0.269. The number of rotatable bonds is 3. The second-order valence-electron chi connectivity index (χ2n) is 10.0. The van der Waals surface area contributed by atoms with Crippen molar-refractivity contribution in [2.45, 2.75) is 95.9 Å². The highest BCUT2D eigenvalue weighted by Crippen LogP contribution is 2.66. The molecule has 0 bridgehead atoms. The SMILES string of the molecule is CC(=O)O[C@H]1CC[C@]2(C)[C@@H]([C@H]1C)[C@H](OC=O)C[C@H](C)[C@]21CC[C@@]2(CO[C@@H](O)C2)O1. The van der Waals surface area contributed by atoms with Gasteiger partial charge in [0.25, 0.3) is 6.47 Å². The predicted octanol–water partition coefficient (Wildman–Crippen LogP) is 2.58. The Bertz CT molecular complexity index is 668. The van der Waals surface area contributed by atoms with Gasteiger partial charge in [0.2, 0.25) is 0 Å². The van der Waals surface area contributed by atoms with Gasteiger partial charge in [-0.1, -0.05) is 20.8 Å². The Morgan fingerprint density at radius 3 is 2.59 bits per heavy atom. The number of aliphatic hydroxyl groups is 1. The number of hydrogen-bond acceptors (Lipinski definition) is 7. The zero-order valence-corrected chi connectivity index (χ0v) is 17.9. The summed E-state index contributed by atoms with van der Waals surface area (Å²) in [5, 5.41) is 9.97. The standard InChI is InChI=1S/C22H34O7/c1-13-9-17(27-12-23)19-14(2)16(28-15(3)24)5-6-20(19,4)22(13)8-7-21(29-22)10-18(25)26-11-21/h12-14,16-19,25H,5-11H2,1-4H3/t13-,14-,16-,17+,18+,19-,20+,21+,22+/m0/s1. The molecule has 4 rings (SSSR count). The monoisotopic (exact) mass is 410 g/mol. The number of carbonyl (C=O) groups excluding carboxylic acids is 2. The van der Waals surface area contributed by atoms with Crippen LogP contribution in [-0.2, 0) is 28.5 Å². The number of esters is 1. The number of aliphatic hydroxyl groups excluding tert-OH is 1. The highest BCUT2D eigenvalue weighted by Gasteiger charge is 2.69. The van der Waals surface area contributed by atoms with Gasteiger partial charge < -0.3 is 24.1 Å². The molecule has 9 atom stereocenters. The van der Waals surface area contributed by atoms with Gasteiger partial charge in [-0.15, -0.1) is 0 Å². The van der Waals surface area contributed by atoms with Crippen LogP contribution in [0.5, 0.6) is 0 Å². The van der Waals surface area contributed by atoms with Crippen LogP contribution in [0, 0.1) is 23.2 Å². The summed E-state index contributed by atoms with van der Waals surface area (Å²) >= 11 is 0. The smallest absolute Gasteiger partial charge is 0.302 e. The molecule has 4 aliphatic rings. The fourth-order valence-electron chi connectivity index (χ4n) is 7.35. The van der Waals surface area contributed by atoms with E-state index in [-0.39, 0.29) is 46.9 Å². The van der Waals surface area contributed by atoms with Crippen molar-refractivity contribution < 1.29 is 33.6 Å². The van der Waals surface area contributed by atoms with E-state index in [0.29, 0.717) is 19.5 Å². The summed E-state index contributed by atoms with van der Waals surface area (Å²) in [5.41, 5.74) is -1.04. The van der Waals surface area contributed by atoms with Gasteiger partial charge in [-0.2, -0.15) is 0 Å². The number of fused-ring (bicyclic) bond motifs is 2. The summed E-state index contributed by atoms with van der Waals surface area (Å²) in [6.07, 6.45) is 3.41. The molecule has 0 aromatic carbocycles. The third-order valence-electron chi connectivity index (χ3n) is 8.57. The molecule has 2 spiro atoms. The summed E-state index contributed by atoms with van der Waals surface area (Å²) in [4.78, 5) is 22.9. The second-order valence-corrected chi connectivity index (χ2v) is 10.0. The first-order valence-corrected chi connectivity index (χ1v) is 10.9. The average Bonchev–Trinajstić information content (AvgIpc) is 3.20. The Labute approximate surface area is 172 Å². The van der Waals surface area contributed by atoms with E-state index in [2.05, 4.69) is 20.8 Å². The van der Waals surface area contributed by atoms with E-state index in [0.717, 1.165) is 32.1 Å². The van der Waals surface area contributed by atoms with E-state index in [9.17, 15) is 14.7 Å². The summed E-state index contributed by atoms with van der Waals surface area (Å²) in [6, 6.07) is 0. The molecule has 2 aliphatic carbocycles. The molecular weight excluding hydrogens is 376 g/mol. The van der Waals surface area contributed by atoms with Crippen LogP contribution in [0.4, 0.5) is 0 Å². The molecule has 0 aromatic heterocycles. The molecule has 0 amide bonds. The van der Waals surface area contributed by atoms with Crippen LogP contribution >= 0.6 is 0 Å². The molecule has 7 heteroatoms. The molecule has 164 valence electrons. The van der Waals surface area contributed by atoms with E-state index >= 15 is 0 Å². The maximum atomic E-state index is 11.6. The van der Waals surface area contributed by atoms with E-state index in [1.54, 1.807) is 0 Å². The summed E-state index contributed by atoms with van der Waals surface area (Å²) in [7, 11) is 0. The van der Waals surface area contributed by atoms with Gasteiger partial charge in [0.05, 0.1) is 17.8 Å². The van der Waals surface area contributed by atoms with Gasteiger partial charge in [-0.25, -0.2) is 0 Å². The zero-order chi connectivity index (χ0) is 21.0. The first-order valence-electron chi connectivity index (χ1n) is 10.9. The molecule has 4 fully saturated rings. The van der Waals surface area contributed by atoms with Crippen LogP contribution in [-0.4, -0.2) is 53.9 Å². The average molecular weight is 411 g/mol. The predicted molar refractivity (Wildman–Crippen MR) is 103 cm³/mol. The minimum Gasteiger partial charge on any atom is -0.464 e. The molecule has 0 aromatic rings. The van der Waals surface area contributed by atoms with Crippen molar-refractivity contribution in [3.63, 3.8) is 0 Å². The van der Waals surface area contributed by atoms with Gasteiger partial charge in [0.1, 0.15) is 12.2 Å². The summed E-state index contributed by atoms with van der Waals surface area (Å²) in [5.74, 6) is 0.00981. The van der Waals surface area contributed by atoms with Gasteiger partial charge in [-0.05, 0) is 38.0 Å². The van der Waals surface area contributed by atoms with Gasteiger partial charge >= 0.3 is 5.97 Å². The molecule has 0 radical (unpaired) electrons. The van der Waals surface area contributed by atoms with Crippen molar-refractivity contribution in [1.82, 2.24) is 0 Å². The van der Waals surface area contributed by atoms with Crippen molar-refractivity contribution in [2.75, 3.05) is 6.61 Å². The quantitative estimate of drug-likeness (QED) is 0.565. The van der Waals surface area contributed by atoms with Crippen molar-refractivity contribution in [3.05, 3.63) is 0 Å². The maximum Gasteiger partial charge on any atom is 0.302 e. The minimum atomic E-state index is -0.766. The van der Waals surface area contributed by atoms with Crippen LogP contribution < -0.4 is 0 Å². The van der Waals surface area contributed by atoms with E-state index in [4.69, 9.17) is 18.9 Å². The third-order valence-corrected chi connectivity index (χ3v) is 8.57. The topological polar surface area (TPSA) is 91.3 Å². The number of carbonyl (C=O) groups is 2. The molecule has 2 aliphatic heterocycles. The Kier molecular flexibility index (Phi) is 5.23. The van der Waals surface area contributed by atoms with E-state index in [1.807, 2.05) is 0 Å². The molecule has 0 unspecified atom stereocenters. The van der Waals surface area contributed by atoms with Gasteiger partial charge in [0.15, 0.2) is 6.29 Å². The van der Waals surface area contributed by atoms with Crippen molar-refractivity contribution in [1.29, 1.82) is 0 Å². The van der Waals surface area contributed by atoms with E-state index in [1.165, 1.54) is 6.92 Å². The van der Waals surface area contributed by atoms with Crippen LogP contribution in [0.15, 0.2) is 0 Å². The molecule has 2 saturated heterocycles. The van der Waals surface area contributed by atoms with Crippen LogP contribution in [0.2, 0.25) is 0 Å². The lowest BCUT2D eigenvalue weighted by atomic mass is 9.46. The van der Waals surface area contributed by atoms with Crippen molar-refractivity contribution >= 4 is 12.4 Å². The second kappa shape index (κ2) is 7.20. The first kappa shape index (κ1) is 21.1. The fraction of sp³-hybridized carbons (Fsp3) is 0.909. The number of ether oxygens (including phenoxy) is 4. The van der Waals surface area contributed by atoms with Crippen LogP contribution in [0.1, 0.15) is 66.2 Å². The normalized spacial score (nSPS) is 51.8. The Morgan fingerprint density at radius 2 is 1.97 bits per heavy atom. The lowest BCUT2D eigenvalue weighted by Gasteiger charge is -2.63. The van der Waals surface area contributed by atoms with Crippen molar-refractivity contribution in [2.24, 2.45) is 23.2 Å². The van der Waals surface area contributed by atoms with Crippen LogP contribution in [0.25, 0.3) is 0 Å². The lowest BCUT2D eigenvalue weighted by Crippen LogP contribution is -2.67. The highest BCUT2D eigenvalue weighted by molar-refractivity contribution is 5.66. The molecule has 7 nitrogen and oxygen atoms in total. The maximum absolute atomic E-state index is 11.6. The van der Waals surface area contributed by atoms with Gasteiger partial charge in [0, 0.05) is 30.6 Å². The Balaban J connectivity index is 1.70. The molecule has 2 saturated carbocycles. The fourth-order valence-corrected chi connectivity index (χ4v) is 7.35. The van der Waals surface area contributed by atoms with Crippen LogP contribution in [0.3, 0.4) is 0 Å². The minimum absolute atomic E-state index is 0.0318. The third kappa shape index (κ3) is 3.12. The Morgan fingerprint density at radius 1 is 1.21 bits per heavy atom. The molecule has 29 heavy (non-hydrogen) atoms. The van der Waals surface area contributed by atoms with Crippen molar-refractivity contribution in [3.8, 4) is 0 Å². The van der Waals surface area contributed by atoms with Gasteiger partial charge in [-0.3, -0.25) is 9.59 Å². The first-order chi connectivity index (χ1) is 13.7.